The maximum Gasteiger partial charge on any atom is 0.128 e. The van der Waals surface area contributed by atoms with E-state index in [1.165, 1.54) is 5.56 Å². The van der Waals surface area contributed by atoms with E-state index in [9.17, 15) is 0 Å². The van der Waals surface area contributed by atoms with Gasteiger partial charge in [0.15, 0.2) is 0 Å². The molecule has 0 aliphatic carbocycles. The van der Waals surface area contributed by atoms with E-state index in [1.807, 2.05) is 18.4 Å². The molecule has 3 nitrogen and oxygen atoms in total. The Hall–Kier alpha value is -1.39. The van der Waals surface area contributed by atoms with E-state index in [0.29, 0.717) is 5.92 Å². The Bertz CT molecular complexity index is 561. The second-order valence-electron chi connectivity index (χ2n) is 4.97. The van der Waals surface area contributed by atoms with Crippen molar-refractivity contribution in [2.75, 3.05) is 7.11 Å². The van der Waals surface area contributed by atoms with Crippen molar-refractivity contribution in [1.29, 1.82) is 0 Å². The van der Waals surface area contributed by atoms with Crippen molar-refractivity contribution in [3.05, 3.63) is 34.2 Å². The highest BCUT2D eigenvalue weighted by atomic mass is 32.1. The van der Waals surface area contributed by atoms with E-state index in [-0.39, 0.29) is 6.04 Å². The van der Waals surface area contributed by atoms with Gasteiger partial charge < -0.3 is 10.5 Å². The number of nitrogens with two attached hydrogens (primary N) is 1. The molecule has 2 aromatic rings. The number of hydrogen-bond acceptors (Lipinski definition) is 4. The molecule has 2 N–H and O–H groups in total. The highest BCUT2D eigenvalue weighted by Gasteiger charge is 2.13. The molecule has 0 aliphatic rings. The fourth-order valence-electron chi connectivity index (χ4n) is 1.91. The number of rotatable bonds is 4. The third kappa shape index (κ3) is 2.96. The van der Waals surface area contributed by atoms with E-state index in [4.69, 9.17) is 10.5 Å². The van der Waals surface area contributed by atoms with E-state index in [0.717, 1.165) is 22.0 Å². The standard InChI is InChI=1S/C15H20N2OS/c1-9(2)11-5-6-14(18-4)12(7-11)13-8-19-15(17-13)10(3)16/h5-10H,16H2,1-4H3. The van der Waals surface area contributed by atoms with E-state index < -0.39 is 0 Å². The third-order valence-electron chi connectivity index (χ3n) is 3.08. The molecular formula is C15H20N2OS. The predicted octanol–water partition coefficient (Wildman–Crippen LogP) is 3.96. The molecule has 0 saturated heterocycles. The first-order chi connectivity index (χ1) is 9.02. The molecule has 102 valence electrons. The predicted molar refractivity (Wildman–Crippen MR) is 80.8 cm³/mol. The number of ether oxygens (including phenoxy) is 1. The Morgan fingerprint density at radius 1 is 1.26 bits per heavy atom. The highest BCUT2D eigenvalue weighted by Crippen LogP contribution is 2.34. The lowest BCUT2D eigenvalue weighted by Gasteiger charge is -2.11. The van der Waals surface area contributed by atoms with Crippen LogP contribution < -0.4 is 10.5 Å². The maximum absolute atomic E-state index is 5.87. The minimum atomic E-state index is -0.0296. The fraction of sp³-hybridized carbons (Fsp3) is 0.400. The quantitative estimate of drug-likeness (QED) is 0.919. The minimum absolute atomic E-state index is 0.0296. The van der Waals surface area contributed by atoms with Crippen molar-refractivity contribution in [1.82, 2.24) is 4.98 Å². The van der Waals surface area contributed by atoms with Gasteiger partial charge in [-0.2, -0.15) is 0 Å². The van der Waals surface area contributed by atoms with Gasteiger partial charge in [-0.3, -0.25) is 0 Å². The molecule has 0 saturated carbocycles. The minimum Gasteiger partial charge on any atom is -0.496 e. The summed E-state index contributed by atoms with van der Waals surface area (Å²) in [5.41, 5.74) is 9.13. The molecule has 1 heterocycles. The van der Waals surface area contributed by atoms with Crippen LogP contribution in [0.5, 0.6) is 5.75 Å². The summed E-state index contributed by atoms with van der Waals surface area (Å²) in [7, 11) is 1.69. The molecule has 0 spiro atoms. The van der Waals surface area contributed by atoms with Crippen molar-refractivity contribution in [3.63, 3.8) is 0 Å². The second kappa shape index (κ2) is 5.72. The molecule has 1 unspecified atom stereocenters. The lowest BCUT2D eigenvalue weighted by atomic mass is 9.99. The smallest absolute Gasteiger partial charge is 0.128 e. The molecule has 2 rings (SSSR count). The van der Waals surface area contributed by atoms with Gasteiger partial charge in [0, 0.05) is 10.9 Å². The van der Waals surface area contributed by atoms with E-state index in [2.05, 4.69) is 31.0 Å². The van der Waals surface area contributed by atoms with Gasteiger partial charge in [0.25, 0.3) is 0 Å². The van der Waals surface area contributed by atoms with Gasteiger partial charge in [0.2, 0.25) is 0 Å². The number of methoxy groups -OCH3 is 1. The molecule has 0 aliphatic heterocycles. The highest BCUT2D eigenvalue weighted by molar-refractivity contribution is 7.10. The average molecular weight is 276 g/mol. The summed E-state index contributed by atoms with van der Waals surface area (Å²) in [6, 6.07) is 6.24. The van der Waals surface area contributed by atoms with Gasteiger partial charge >= 0.3 is 0 Å². The normalized spacial score (nSPS) is 12.7. The Morgan fingerprint density at radius 3 is 2.53 bits per heavy atom. The van der Waals surface area contributed by atoms with Crippen LogP contribution in [-0.2, 0) is 0 Å². The van der Waals surface area contributed by atoms with E-state index in [1.54, 1.807) is 18.4 Å². The van der Waals surface area contributed by atoms with Crippen molar-refractivity contribution in [2.45, 2.75) is 32.7 Å². The van der Waals surface area contributed by atoms with Gasteiger partial charge in [-0.1, -0.05) is 19.9 Å². The lowest BCUT2D eigenvalue weighted by Crippen LogP contribution is -2.04. The van der Waals surface area contributed by atoms with Crippen LogP contribution in [-0.4, -0.2) is 12.1 Å². The number of nitrogens with zero attached hydrogens (tertiary/aromatic N) is 1. The van der Waals surface area contributed by atoms with Crippen LogP contribution in [0, 0.1) is 0 Å². The molecule has 19 heavy (non-hydrogen) atoms. The summed E-state index contributed by atoms with van der Waals surface area (Å²) in [6.07, 6.45) is 0. The number of benzene rings is 1. The van der Waals surface area contributed by atoms with Crippen molar-refractivity contribution < 1.29 is 4.74 Å². The fourth-order valence-corrected chi connectivity index (χ4v) is 2.68. The molecule has 1 aromatic carbocycles. The summed E-state index contributed by atoms with van der Waals surface area (Å²) in [4.78, 5) is 4.60. The summed E-state index contributed by atoms with van der Waals surface area (Å²) < 4.78 is 5.44. The Labute approximate surface area is 118 Å². The first-order valence-electron chi connectivity index (χ1n) is 6.42. The first-order valence-corrected chi connectivity index (χ1v) is 7.30. The molecule has 0 radical (unpaired) electrons. The van der Waals surface area contributed by atoms with Crippen LogP contribution in [0.25, 0.3) is 11.3 Å². The number of thiazole rings is 1. The molecular weight excluding hydrogens is 256 g/mol. The summed E-state index contributed by atoms with van der Waals surface area (Å²) in [5, 5.41) is 2.99. The van der Waals surface area contributed by atoms with Gasteiger partial charge in [-0.25, -0.2) is 4.98 Å². The molecule has 1 atom stereocenters. The van der Waals surface area contributed by atoms with E-state index >= 15 is 0 Å². The topological polar surface area (TPSA) is 48.1 Å². The van der Waals surface area contributed by atoms with Gasteiger partial charge in [0.1, 0.15) is 10.8 Å². The Balaban J connectivity index is 2.48. The van der Waals surface area contributed by atoms with Crippen molar-refractivity contribution in [2.24, 2.45) is 5.73 Å². The zero-order valence-corrected chi connectivity index (χ0v) is 12.6. The second-order valence-corrected chi connectivity index (χ2v) is 5.86. The van der Waals surface area contributed by atoms with Crippen LogP contribution in [0.3, 0.4) is 0 Å². The van der Waals surface area contributed by atoms with Crippen LogP contribution in [0.4, 0.5) is 0 Å². The Kier molecular flexibility index (Phi) is 4.22. The summed E-state index contributed by atoms with van der Waals surface area (Å²) in [6.45, 7) is 6.31. The number of hydrogen-bond donors (Lipinski definition) is 1. The van der Waals surface area contributed by atoms with Crippen LogP contribution in [0.1, 0.15) is 43.3 Å². The zero-order valence-electron chi connectivity index (χ0n) is 11.8. The van der Waals surface area contributed by atoms with Gasteiger partial charge in [-0.15, -0.1) is 11.3 Å². The first kappa shape index (κ1) is 14.0. The summed E-state index contributed by atoms with van der Waals surface area (Å²) >= 11 is 1.59. The van der Waals surface area contributed by atoms with Gasteiger partial charge in [0.05, 0.1) is 18.8 Å². The third-order valence-corrected chi connectivity index (χ3v) is 4.12. The molecule has 0 bridgehead atoms. The van der Waals surface area contributed by atoms with Crippen molar-refractivity contribution in [3.8, 4) is 17.0 Å². The average Bonchev–Trinajstić information content (AvgIpc) is 2.87. The maximum atomic E-state index is 5.87. The zero-order chi connectivity index (χ0) is 14.0. The SMILES string of the molecule is COc1ccc(C(C)C)cc1-c1csc(C(C)N)n1. The molecule has 0 fully saturated rings. The van der Waals surface area contributed by atoms with Crippen LogP contribution in [0.2, 0.25) is 0 Å². The molecule has 1 aromatic heterocycles. The largest absolute Gasteiger partial charge is 0.496 e. The Morgan fingerprint density at radius 2 is 2.00 bits per heavy atom. The van der Waals surface area contributed by atoms with Crippen LogP contribution in [0.15, 0.2) is 23.6 Å². The van der Waals surface area contributed by atoms with Crippen LogP contribution >= 0.6 is 11.3 Å². The lowest BCUT2D eigenvalue weighted by molar-refractivity contribution is 0.416. The number of aromatic nitrogens is 1. The van der Waals surface area contributed by atoms with Crippen molar-refractivity contribution >= 4 is 11.3 Å². The molecule has 0 amide bonds. The summed E-state index contributed by atoms with van der Waals surface area (Å²) in [5.74, 6) is 1.34. The van der Waals surface area contributed by atoms with Gasteiger partial charge in [-0.05, 0) is 30.5 Å². The molecule has 4 heteroatoms. The monoisotopic (exact) mass is 276 g/mol.